The molecule has 0 unspecified atom stereocenters. The lowest BCUT2D eigenvalue weighted by Crippen LogP contribution is -2.15. The Balaban J connectivity index is 2.07. The van der Waals surface area contributed by atoms with E-state index in [9.17, 15) is 4.79 Å². The highest BCUT2D eigenvalue weighted by Gasteiger charge is 2.22. The van der Waals surface area contributed by atoms with Crippen LogP contribution in [-0.2, 0) is 22.6 Å². The summed E-state index contributed by atoms with van der Waals surface area (Å²) >= 11 is 1.37. The second-order valence-electron chi connectivity index (χ2n) is 3.96. The molecule has 1 heterocycles. The van der Waals surface area contributed by atoms with Gasteiger partial charge in [0, 0.05) is 19.7 Å². The highest BCUT2D eigenvalue weighted by molar-refractivity contribution is 7.13. The molecule has 6 heteroatoms. The highest BCUT2D eigenvalue weighted by atomic mass is 32.1. The van der Waals surface area contributed by atoms with Gasteiger partial charge in [0.1, 0.15) is 9.88 Å². The van der Waals surface area contributed by atoms with Crippen molar-refractivity contribution in [3.05, 3.63) is 15.6 Å². The molecule has 1 N–H and O–H groups in total. The Morgan fingerprint density at radius 2 is 2.29 bits per heavy atom. The fourth-order valence-electron chi connectivity index (χ4n) is 1.48. The lowest BCUT2D eigenvalue weighted by Gasteiger charge is -1.98. The molecular formula is C11H16N2O3S. The number of nitrogens with one attached hydrogen (secondary N) is 1. The molecule has 1 saturated carbocycles. The van der Waals surface area contributed by atoms with Gasteiger partial charge in [0.2, 0.25) is 0 Å². The van der Waals surface area contributed by atoms with Gasteiger partial charge < -0.3 is 14.8 Å². The van der Waals surface area contributed by atoms with Crippen molar-refractivity contribution in [1.29, 1.82) is 0 Å². The van der Waals surface area contributed by atoms with E-state index in [-0.39, 0.29) is 5.97 Å². The van der Waals surface area contributed by atoms with Crippen LogP contribution in [0.25, 0.3) is 0 Å². The summed E-state index contributed by atoms with van der Waals surface area (Å²) < 4.78 is 9.76. The van der Waals surface area contributed by atoms with E-state index < -0.39 is 0 Å². The monoisotopic (exact) mass is 256 g/mol. The van der Waals surface area contributed by atoms with Gasteiger partial charge in [-0.3, -0.25) is 0 Å². The van der Waals surface area contributed by atoms with Gasteiger partial charge in [0.05, 0.1) is 19.4 Å². The van der Waals surface area contributed by atoms with Gasteiger partial charge in [-0.05, 0) is 12.8 Å². The Morgan fingerprint density at radius 1 is 1.53 bits per heavy atom. The first-order valence-electron chi connectivity index (χ1n) is 5.53. The summed E-state index contributed by atoms with van der Waals surface area (Å²) in [6.45, 7) is 1.05. The third kappa shape index (κ3) is 3.24. The Hall–Kier alpha value is -0.980. The van der Waals surface area contributed by atoms with E-state index in [1.165, 1.54) is 31.3 Å². The van der Waals surface area contributed by atoms with Crippen molar-refractivity contribution in [2.75, 3.05) is 14.2 Å². The molecule has 5 nitrogen and oxygen atoms in total. The van der Waals surface area contributed by atoms with E-state index in [2.05, 4.69) is 10.3 Å². The summed E-state index contributed by atoms with van der Waals surface area (Å²) in [7, 11) is 2.96. The molecule has 0 radical (unpaired) electrons. The number of hydrogen-bond acceptors (Lipinski definition) is 6. The maximum Gasteiger partial charge on any atom is 0.350 e. The van der Waals surface area contributed by atoms with Gasteiger partial charge in [0.25, 0.3) is 0 Å². The predicted molar refractivity (Wildman–Crippen MR) is 64.0 cm³/mol. The van der Waals surface area contributed by atoms with Gasteiger partial charge in [-0.1, -0.05) is 0 Å². The number of carbonyl (C=O) groups excluding carboxylic acids is 1. The number of rotatable bonds is 6. The molecule has 0 aromatic carbocycles. The van der Waals surface area contributed by atoms with Crippen LogP contribution in [0.4, 0.5) is 0 Å². The molecule has 1 fully saturated rings. The van der Waals surface area contributed by atoms with Gasteiger partial charge in [-0.15, -0.1) is 11.3 Å². The van der Waals surface area contributed by atoms with Crippen LogP contribution in [0.5, 0.6) is 0 Å². The van der Waals surface area contributed by atoms with Crippen LogP contribution in [0.15, 0.2) is 0 Å². The Labute approximate surface area is 104 Å². The molecule has 17 heavy (non-hydrogen) atoms. The van der Waals surface area contributed by atoms with Gasteiger partial charge in [-0.25, -0.2) is 9.78 Å². The highest BCUT2D eigenvalue weighted by Crippen LogP contribution is 2.23. The minimum absolute atomic E-state index is 0.338. The minimum Gasteiger partial charge on any atom is -0.465 e. The van der Waals surface area contributed by atoms with Crippen molar-refractivity contribution in [2.45, 2.75) is 32.0 Å². The maximum absolute atomic E-state index is 11.5. The van der Waals surface area contributed by atoms with Crippen LogP contribution < -0.4 is 5.32 Å². The normalized spacial score (nSPS) is 14.9. The van der Waals surface area contributed by atoms with Crippen molar-refractivity contribution in [1.82, 2.24) is 10.3 Å². The number of esters is 1. The number of aromatic nitrogens is 1. The van der Waals surface area contributed by atoms with Crippen molar-refractivity contribution >= 4 is 17.3 Å². The third-order valence-electron chi connectivity index (χ3n) is 2.51. The van der Waals surface area contributed by atoms with Crippen molar-refractivity contribution in [3.63, 3.8) is 0 Å². The molecule has 0 spiro atoms. The molecule has 0 amide bonds. The fraction of sp³-hybridized carbons (Fsp3) is 0.636. The molecule has 2 rings (SSSR count). The topological polar surface area (TPSA) is 60.5 Å². The van der Waals surface area contributed by atoms with Crippen molar-refractivity contribution < 1.29 is 14.3 Å². The van der Waals surface area contributed by atoms with Gasteiger partial charge in [0.15, 0.2) is 0 Å². The van der Waals surface area contributed by atoms with Gasteiger partial charge in [-0.2, -0.15) is 0 Å². The third-order valence-corrected chi connectivity index (χ3v) is 3.59. The van der Waals surface area contributed by atoms with Crippen LogP contribution >= 0.6 is 11.3 Å². The zero-order valence-electron chi connectivity index (χ0n) is 9.99. The second-order valence-corrected chi connectivity index (χ2v) is 5.05. The second kappa shape index (κ2) is 5.57. The summed E-state index contributed by atoms with van der Waals surface area (Å²) in [6.07, 6.45) is 2.47. The smallest absolute Gasteiger partial charge is 0.350 e. The summed E-state index contributed by atoms with van der Waals surface area (Å²) in [5.74, 6) is -0.341. The van der Waals surface area contributed by atoms with Crippen molar-refractivity contribution in [2.24, 2.45) is 0 Å². The maximum atomic E-state index is 11.5. The number of nitrogens with zero attached hydrogens (tertiary/aromatic N) is 1. The fourth-order valence-corrected chi connectivity index (χ4v) is 2.42. The SMILES string of the molecule is COCc1nc(CNC2CC2)sc1C(=O)OC. The largest absolute Gasteiger partial charge is 0.465 e. The number of carbonyl (C=O) groups is 1. The summed E-state index contributed by atoms with van der Waals surface area (Å²) in [5, 5.41) is 4.27. The molecule has 0 bridgehead atoms. The van der Waals surface area contributed by atoms with Crippen LogP contribution in [0, 0.1) is 0 Å². The van der Waals surface area contributed by atoms with Gasteiger partial charge >= 0.3 is 5.97 Å². The molecule has 1 aliphatic carbocycles. The molecule has 1 aromatic rings. The Morgan fingerprint density at radius 3 is 2.88 bits per heavy atom. The molecular weight excluding hydrogens is 240 g/mol. The molecule has 94 valence electrons. The summed E-state index contributed by atoms with van der Waals surface area (Å²) in [5.41, 5.74) is 0.664. The van der Waals surface area contributed by atoms with Crippen LogP contribution in [0.3, 0.4) is 0 Å². The van der Waals surface area contributed by atoms with E-state index in [0.717, 1.165) is 5.01 Å². The number of ether oxygens (including phenoxy) is 2. The van der Waals surface area contributed by atoms with E-state index in [0.29, 0.717) is 29.8 Å². The Kier molecular flexibility index (Phi) is 4.09. The van der Waals surface area contributed by atoms with E-state index in [4.69, 9.17) is 9.47 Å². The van der Waals surface area contributed by atoms with Crippen LogP contribution in [0.1, 0.15) is 33.2 Å². The summed E-state index contributed by atoms with van der Waals surface area (Å²) in [6, 6.07) is 0.631. The lowest BCUT2D eigenvalue weighted by atomic mass is 10.4. The zero-order valence-corrected chi connectivity index (χ0v) is 10.8. The van der Waals surface area contributed by atoms with E-state index in [1.54, 1.807) is 7.11 Å². The van der Waals surface area contributed by atoms with Crippen LogP contribution in [0.2, 0.25) is 0 Å². The summed E-state index contributed by atoms with van der Waals surface area (Å²) in [4.78, 5) is 16.5. The number of thiazole rings is 1. The average Bonchev–Trinajstić information content (AvgIpc) is 3.08. The Bertz CT molecular complexity index is 401. The molecule has 0 atom stereocenters. The quantitative estimate of drug-likeness (QED) is 0.778. The first kappa shape index (κ1) is 12.5. The molecule has 1 aromatic heterocycles. The zero-order chi connectivity index (χ0) is 12.3. The first-order valence-corrected chi connectivity index (χ1v) is 6.35. The lowest BCUT2D eigenvalue weighted by molar-refractivity contribution is 0.0601. The van der Waals surface area contributed by atoms with E-state index >= 15 is 0 Å². The first-order chi connectivity index (χ1) is 8.24. The molecule has 0 saturated heterocycles. The molecule has 0 aliphatic heterocycles. The van der Waals surface area contributed by atoms with Crippen molar-refractivity contribution in [3.8, 4) is 0 Å². The standard InChI is InChI=1S/C11H16N2O3S/c1-15-6-8-10(11(14)16-2)17-9(13-8)5-12-7-3-4-7/h7,12H,3-6H2,1-2H3. The van der Waals surface area contributed by atoms with Crippen LogP contribution in [-0.4, -0.2) is 31.2 Å². The average molecular weight is 256 g/mol. The number of hydrogen-bond donors (Lipinski definition) is 1. The van der Waals surface area contributed by atoms with E-state index in [1.807, 2.05) is 0 Å². The molecule has 1 aliphatic rings. The minimum atomic E-state index is -0.341. The predicted octanol–water partition coefficient (Wildman–Crippen LogP) is 1.33. The number of methoxy groups -OCH3 is 2.